The summed E-state index contributed by atoms with van der Waals surface area (Å²) in [4.78, 5) is 2.32. The van der Waals surface area contributed by atoms with Gasteiger partial charge in [0.15, 0.2) is 5.58 Å². The van der Waals surface area contributed by atoms with Gasteiger partial charge in [-0.05, 0) is 81.6 Å². The highest BCUT2D eigenvalue weighted by Gasteiger charge is 2.30. The molecule has 3 nitrogen and oxygen atoms in total. The van der Waals surface area contributed by atoms with Crippen molar-refractivity contribution in [1.82, 2.24) is 0 Å². The van der Waals surface area contributed by atoms with Gasteiger partial charge >= 0.3 is 0 Å². The minimum Gasteiger partial charge on any atom is -0.456 e. The Morgan fingerprint density at radius 1 is 0.472 bits per heavy atom. The van der Waals surface area contributed by atoms with Crippen molar-refractivity contribution >= 4 is 72.4 Å². The lowest BCUT2D eigenvalue weighted by Crippen LogP contribution is -2.13. The maximum absolute atomic E-state index is 6.60. The van der Waals surface area contributed by atoms with Gasteiger partial charge in [-0.3, -0.25) is 0 Å². The van der Waals surface area contributed by atoms with Gasteiger partial charge < -0.3 is 13.7 Å². The van der Waals surface area contributed by atoms with Gasteiger partial charge in [0.1, 0.15) is 16.9 Å². The highest BCUT2D eigenvalue weighted by atomic mass is 16.3. The normalized spacial score (nSPS) is 16.3. The first kappa shape index (κ1) is 29.8. The van der Waals surface area contributed by atoms with Gasteiger partial charge in [0.25, 0.3) is 0 Å². The summed E-state index contributed by atoms with van der Waals surface area (Å²) < 4.78 is 12.9. The molecule has 2 aromatic heterocycles. The quantitative estimate of drug-likeness (QED) is 0.181. The predicted octanol–water partition coefficient (Wildman–Crippen LogP) is 14.0. The summed E-state index contributed by atoms with van der Waals surface area (Å²) in [5, 5.41) is 5.91. The lowest BCUT2D eigenvalue weighted by Gasteiger charge is -2.28. The third-order valence-corrected chi connectivity index (χ3v) is 11.0. The molecule has 0 radical (unpaired) electrons. The summed E-state index contributed by atoms with van der Waals surface area (Å²) in [5.41, 5.74) is 11.9. The zero-order valence-electron chi connectivity index (χ0n) is 28.8. The molecule has 0 amide bonds. The summed E-state index contributed by atoms with van der Waals surface area (Å²) in [5.74, 6) is 1.50. The van der Waals surface area contributed by atoms with Crippen molar-refractivity contribution in [3.8, 4) is 11.1 Å². The van der Waals surface area contributed by atoms with Gasteiger partial charge in [0.2, 0.25) is 0 Å². The lowest BCUT2D eigenvalue weighted by molar-refractivity contribution is 0.578. The number of anilines is 3. The fourth-order valence-electron chi connectivity index (χ4n) is 8.50. The van der Waals surface area contributed by atoms with E-state index in [0.717, 1.165) is 50.3 Å². The van der Waals surface area contributed by atoms with Crippen molar-refractivity contribution in [3.05, 3.63) is 199 Å². The second kappa shape index (κ2) is 11.9. The monoisotopic (exact) mass is 679 g/mol. The third-order valence-electron chi connectivity index (χ3n) is 11.0. The van der Waals surface area contributed by atoms with Crippen LogP contribution in [0.4, 0.5) is 17.1 Å². The topological polar surface area (TPSA) is 29.5 Å². The van der Waals surface area contributed by atoms with Crippen LogP contribution in [0.5, 0.6) is 0 Å². The second-order valence-electron chi connectivity index (χ2n) is 14.0. The minimum atomic E-state index is 0.223. The molecule has 3 heteroatoms. The van der Waals surface area contributed by atoms with Crippen molar-refractivity contribution in [2.45, 2.75) is 5.92 Å². The fraction of sp³-hybridized carbons (Fsp3) is 0.0400. The molecule has 0 saturated heterocycles. The highest BCUT2D eigenvalue weighted by molar-refractivity contribution is 6.10. The number of rotatable bonds is 5. The molecule has 0 N–H and O–H groups in total. The molecule has 2 unspecified atom stereocenters. The molecule has 250 valence electrons. The molecule has 0 fully saturated rings. The highest BCUT2D eigenvalue weighted by Crippen LogP contribution is 2.47. The molecule has 9 aromatic rings. The van der Waals surface area contributed by atoms with Crippen molar-refractivity contribution in [3.63, 3.8) is 0 Å². The van der Waals surface area contributed by atoms with Crippen LogP contribution in [0.2, 0.25) is 0 Å². The van der Waals surface area contributed by atoms with E-state index in [-0.39, 0.29) is 5.92 Å². The standard InChI is InChI=1S/C50H33NO2/c1-2-11-39-33(9-1)10-7-14-40(39)34-23-28-38(29-24-34)51(45-16-8-15-42-41-12-3-5-17-46(41)53-50(42)45)37-26-21-32(22-27-37)36-20-19-35-25-30-48-49(44(35)31-36)43-13-4-6-18-47(43)52-48/h1-31,35,44H. The van der Waals surface area contributed by atoms with Crippen LogP contribution in [0.3, 0.4) is 0 Å². The van der Waals surface area contributed by atoms with E-state index in [1.54, 1.807) is 0 Å². The maximum atomic E-state index is 6.60. The van der Waals surface area contributed by atoms with E-state index in [9.17, 15) is 0 Å². The van der Waals surface area contributed by atoms with E-state index in [0.29, 0.717) is 5.92 Å². The maximum Gasteiger partial charge on any atom is 0.159 e. The Bertz CT molecular complexity index is 2950. The van der Waals surface area contributed by atoms with Gasteiger partial charge in [-0.2, -0.15) is 0 Å². The van der Waals surface area contributed by atoms with Crippen LogP contribution in [-0.4, -0.2) is 0 Å². The summed E-state index contributed by atoms with van der Waals surface area (Å²) >= 11 is 0. The van der Waals surface area contributed by atoms with Crippen LogP contribution < -0.4 is 4.90 Å². The molecule has 0 bridgehead atoms. The number of hydrogen-bond acceptors (Lipinski definition) is 3. The molecule has 0 aliphatic heterocycles. The average molecular weight is 680 g/mol. The average Bonchev–Trinajstić information content (AvgIpc) is 3.81. The number of allylic oxidation sites excluding steroid dienone is 5. The molecule has 11 rings (SSSR count). The van der Waals surface area contributed by atoms with Crippen molar-refractivity contribution in [1.29, 1.82) is 0 Å². The van der Waals surface area contributed by atoms with E-state index in [1.165, 1.54) is 44.0 Å². The molecular formula is C50H33NO2. The summed E-state index contributed by atoms with van der Waals surface area (Å²) in [6.07, 6.45) is 11.4. The number of furan rings is 2. The first-order valence-corrected chi connectivity index (χ1v) is 18.3. The van der Waals surface area contributed by atoms with Gasteiger partial charge in [0.05, 0.1) is 5.69 Å². The molecule has 0 spiro atoms. The van der Waals surface area contributed by atoms with Crippen LogP contribution >= 0.6 is 0 Å². The van der Waals surface area contributed by atoms with Gasteiger partial charge in [-0.15, -0.1) is 0 Å². The Kier molecular flexibility index (Phi) is 6.68. The van der Waals surface area contributed by atoms with E-state index in [1.807, 2.05) is 18.2 Å². The molecule has 2 aliphatic rings. The number of para-hydroxylation sites is 3. The number of benzene rings is 7. The largest absolute Gasteiger partial charge is 0.456 e. The van der Waals surface area contributed by atoms with Gasteiger partial charge in [-0.1, -0.05) is 140 Å². The van der Waals surface area contributed by atoms with Crippen LogP contribution in [0, 0.1) is 5.92 Å². The Morgan fingerprint density at radius 3 is 1.91 bits per heavy atom. The zero-order valence-corrected chi connectivity index (χ0v) is 28.8. The third kappa shape index (κ3) is 4.82. The van der Waals surface area contributed by atoms with E-state index >= 15 is 0 Å². The Labute approximate surface area is 307 Å². The number of hydrogen-bond donors (Lipinski definition) is 0. The predicted molar refractivity (Wildman–Crippen MR) is 220 cm³/mol. The molecule has 2 heterocycles. The van der Waals surface area contributed by atoms with Crippen LogP contribution in [0.15, 0.2) is 191 Å². The van der Waals surface area contributed by atoms with Crippen molar-refractivity contribution in [2.24, 2.45) is 5.92 Å². The van der Waals surface area contributed by atoms with Gasteiger partial charge in [-0.25, -0.2) is 0 Å². The second-order valence-corrected chi connectivity index (χ2v) is 14.0. The van der Waals surface area contributed by atoms with Gasteiger partial charge in [0, 0.05) is 44.9 Å². The lowest BCUT2D eigenvalue weighted by atomic mass is 9.76. The Morgan fingerprint density at radius 2 is 1.09 bits per heavy atom. The molecular weight excluding hydrogens is 647 g/mol. The Hall–Kier alpha value is -6.84. The van der Waals surface area contributed by atoms with Crippen molar-refractivity contribution < 1.29 is 8.83 Å². The molecule has 2 atom stereocenters. The first-order valence-electron chi connectivity index (χ1n) is 18.3. The number of fused-ring (bicyclic) bond motifs is 9. The minimum absolute atomic E-state index is 0.223. The van der Waals surface area contributed by atoms with Crippen molar-refractivity contribution in [2.75, 3.05) is 4.90 Å². The van der Waals surface area contributed by atoms with E-state index in [2.05, 4.69) is 175 Å². The van der Waals surface area contributed by atoms with Crippen LogP contribution in [0.1, 0.15) is 22.8 Å². The molecule has 7 aromatic carbocycles. The van der Waals surface area contributed by atoms with Crippen LogP contribution in [0.25, 0.3) is 66.5 Å². The smallest absolute Gasteiger partial charge is 0.159 e. The van der Waals surface area contributed by atoms with E-state index < -0.39 is 0 Å². The summed E-state index contributed by atoms with van der Waals surface area (Å²) in [7, 11) is 0. The molecule has 2 aliphatic carbocycles. The number of nitrogens with zero attached hydrogens (tertiary/aromatic N) is 1. The molecule has 0 saturated carbocycles. The SMILES string of the molecule is C1=CC2C=Cc3oc4ccccc4c3C2C=C1c1ccc(N(c2ccc(-c3cccc4ccccc34)cc2)c2cccc3c2oc2ccccc23)cc1. The zero-order chi connectivity index (χ0) is 34.9. The van der Waals surface area contributed by atoms with Crippen LogP contribution in [-0.2, 0) is 0 Å². The molecule has 53 heavy (non-hydrogen) atoms. The summed E-state index contributed by atoms with van der Waals surface area (Å²) in [6, 6.07) is 56.1. The summed E-state index contributed by atoms with van der Waals surface area (Å²) in [6.45, 7) is 0. The Balaban J connectivity index is 1.01. The fourth-order valence-corrected chi connectivity index (χ4v) is 8.50. The first-order chi connectivity index (χ1) is 26.3. The van der Waals surface area contributed by atoms with E-state index in [4.69, 9.17) is 8.83 Å².